The molecule has 1 aliphatic rings. The van der Waals surface area contributed by atoms with Crippen LogP contribution in [0.3, 0.4) is 0 Å². The zero-order chi connectivity index (χ0) is 21.3. The standard InChI is InChI=1S/C21H32N8O/c1-27(2)20(30)14-23-21(26-17-10-11-19-24-16-25-29(19)15-17)22-12-7-13-28(3)18-8-5-4-6-9-18/h4-6,8-9,16-17H,7,10-15H2,1-3H3,(H2,22,23,26). The van der Waals surface area contributed by atoms with Gasteiger partial charge < -0.3 is 20.4 Å². The molecule has 0 aliphatic carbocycles. The van der Waals surface area contributed by atoms with Gasteiger partial charge in [0.2, 0.25) is 5.91 Å². The van der Waals surface area contributed by atoms with Crippen LogP contribution in [0.4, 0.5) is 5.69 Å². The first-order valence-electron chi connectivity index (χ1n) is 10.4. The van der Waals surface area contributed by atoms with Crippen molar-refractivity contribution >= 4 is 17.6 Å². The molecule has 1 aromatic carbocycles. The molecule has 1 unspecified atom stereocenters. The number of para-hydroxylation sites is 1. The van der Waals surface area contributed by atoms with Gasteiger partial charge in [0.05, 0.1) is 6.54 Å². The summed E-state index contributed by atoms with van der Waals surface area (Å²) in [5.74, 6) is 1.66. The molecule has 9 nitrogen and oxygen atoms in total. The highest BCUT2D eigenvalue weighted by atomic mass is 16.2. The van der Waals surface area contributed by atoms with Crippen molar-refractivity contribution in [3.63, 3.8) is 0 Å². The van der Waals surface area contributed by atoms with Gasteiger partial charge in [0, 0.05) is 52.4 Å². The van der Waals surface area contributed by atoms with Crippen LogP contribution < -0.4 is 15.5 Å². The molecule has 0 saturated heterocycles. The fraction of sp³-hybridized carbons (Fsp3) is 0.524. The van der Waals surface area contributed by atoms with Crippen LogP contribution >= 0.6 is 0 Å². The van der Waals surface area contributed by atoms with Crippen molar-refractivity contribution in [3.05, 3.63) is 42.5 Å². The SMILES string of the molecule is CN(C)C(=O)CN=C(NCCCN(C)c1ccccc1)NC1CCc2ncnn2C1. The summed E-state index contributed by atoms with van der Waals surface area (Å²) in [6, 6.07) is 10.5. The first-order chi connectivity index (χ1) is 14.5. The topological polar surface area (TPSA) is 90.7 Å². The maximum atomic E-state index is 12.0. The van der Waals surface area contributed by atoms with Gasteiger partial charge in [0.25, 0.3) is 0 Å². The number of hydrogen-bond acceptors (Lipinski definition) is 5. The van der Waals surface area contributed by atoms with Crippen LogP contribution in [0.25, 0.3) is 0 Å². The van der Waals surface area contributed by atoms with Crippen molar-refractivity contribution in [2.24, 2.45) is 4.99 Å². The maximum Gasteiger partial charge on any atom is 0.243 e. The Labute approximate surface area is 178 Å². The van der Waals surface area contributed by atoms with Crippen LogP contribution in [0.1, 0.15) is 18.7 Å². The van der Waals surface area contributed by atoms with Crippen LogP contribution in [0.15, 0.2) is 41.7 Å². The van der Waals surface area contributed by atoms with Gasteiger partial charge >= 0.3 is 0 Å². The van der Waals surface area contributed by atoms with Crippen LogP contribution in [0.2, 0.25) is 0 Å². The second kappa shape index (κ2) is 10.6. The summed E-state index contributed by atoms with van der Waals surface area (Å²) in [6.07, 6.45) is 4.39. The fourth-order valence-electron chi connectivity index (χ4n) is 3.32. The van der Waals surface area contributed by atoms with E-state index in [0.717, 1.165) is 44.7 Å². The minimum Gasteiger partial charge on any atom is -0.375 e. The number of nitrogens with zero attached hydrogens (tertiary/aromatic N) is 6. The van der Waals surface area contributed by atoms with E-state index < -0.39 is 0 Å². The lowest BCUT2D eigenvalue weighted by Crippen LogP contribution is -2.48. The van der Waals surface area contributed by atoms with Gasteiger partial charge in [0.1, 0.15) is 18.7 Å². The number of rotatable bonds is 8. The summed E-state index contributed by atoms with van der Waals surface area (Å²) in [7, 11) is 5.58. The molecule has 3 rings (SSSR count). The molecule has 1 aliphatic heterocycles. The fourth-order valence-corrected chi connectivity index (χ4v) is 3.32. The largest absolute Gasteiger partial charge is 0.375 e. The molecule has 1 aromatic heterocycles. The molecular weight excluding hydrogens is 380 g/mol. The molecule has 1 atom stereocenters. The smallest absolute Gasteiger partial charge is 0.243 e. The molecular formula is C21H32N8O. The van der Waals surface area contributed by atoms with E-state index in [1.165, 1.54) is 5.69 Å². The molecule has 0 fully saturated rings. The second-order valence-electron chi connectivity index (χ2n) is 7.73. The molecule has 162 valence electrons. The van der Waals surface area contributed by atoms with E-state index in [-0.39, 0.29) is 18.5 Å². The van der Waals surface area contributed by atoms with Gasteiger partial charge in [0.15, 0.2) is 5.96 Å². The van der Waals surface area contributed by atoms with Gasteiger partial charge in [-0.25, -0.2) is 14.7 Å². The van der Waals surface area contributed by atoms with Crippen LogP contribution in [0, 0.1) is 0 Å². The number of anilines is 1. The molecule has 2 aromatic rings. The third-order valence-corrected chi connectivity index (χ3v) is 5.18. The third-order valence-electron chi connectivity index (χ3n) is 5.18. The highest BCUT2D eigenvalue weighted by Gasteiger charge is 2.20. The predicted octanol–water partition coefficient (Wildman–Crippen LogP) is 0.743. The van der Waals surface area contributed by atoms with E-state index in [1.807, 2.05) is 22.9 Å². The molecule has 0 radical (unpaired) electrons. The lowest BCUT2D eigenvalue weighted by atomic mass is 10.1. The van der Waals surface area contributed by atoms with Crippen LogP contribution in [0.5, 0.6) is 0 Å². The van der Waals surface area contributed by atoms with E-state index in [1.54, 1.807) is 25.3 Å². The summed E-state index contributed by atoms with van der Waals surface area (Å²) in [5.41, 5.74) is 1.20. The van der Waals surface area contributed by atoms with E-state index in [4.69, 9.17) is 0 Å². The first-order valence-corrected chi connectivity index (χ1v) is 10.4. The Hall–Kier alpha value is -3.10. The van der Waals surface area contributed by atoms with Gasteiger partial charge in [-0.15, -0.1) is 0 Å². The minimum atomic E-state index is -0.0258. The normalized spacial score (nSPS) is 16.0. The monoisotopic (exact) mass is 412 g/mol. The maximum absolute atomic E-state index is 12.0. The summed E-state index contributed by atoms with van der Waals surface area (Å²) in [4.78, 5) is 24.5. The second-order valence-corrected chi connectivity index (χ2v) is 7.73. The molecule has 0 bridgehead atoms. The Kier molecular flexibility index (Phi) is 7.64. The molecule has 9 heteroatoms. The Morgan fingerprint density at radius 3 is 2.83 bits per heavy atom. The van der Waals surface area contributed by atoms with Gasteiger partial charge in [-0.3, -0.25) is 4.79 Å². The predicted molar refractivity (Wildman–Crippen MR) is 119 cm³/mol. The Morgan fingerprint density at radius 2 is 2.07 bits per heavy atom. The Balaban J connectivity index is 1.52. The summed E-state index contributed by atoms with van der Waals surface area (Å²) < 4.78 is 1.93. The average molecular weight is 413 g/mol. The lowest BCUT2D eigenvalue weighted by molar-refractivity contribution is -0.127. The highest BCUT2D eigenvalue weighted by Crippen LogP contribution is 2.12. The first kappa shape index (κ1) is 21.6. The number of aryl methyl sites for hydroxylation is 1. The summed E-state index contributed by atoms with van der Waals surface area (Å²) >= 11 is 0. The number of nitrogens with one attached hydrogen (secondary N) is 2. The van der Waals surface area contributed by atoms with Gasteiger partial charge in [-0.05, 0) is 25.0 Å². The van der Waals surface area contributed by atoms with E-state index in [2.05, 4.69) is 49.8 Å². The number of carbonyl (C=O) groups excluding carboxylic acids is 1. The molecule has 30 heavy (non-hydrogen) atoms. The third kappa shape index (κ3) is 6.20. The van der Waals surface area contributed by atoms with Gasteiger partial charge in [-0.2, -0.15) is 5.10 Å². The number of likely N-dealkylation sites (N-methyl/N-ethyl adjacent to an activating group) is 1. The molecule has 0 saturated carbocycles. The Bertz CT molecular complexity index is 833. The van der Waals surface area contributed by atoms with Crippen molar-refractivity contribution in [1.29, 1.82) is 0 Å². The number of guanidine groups is 1. The number of carbonyl (C=O) groups is 1. The Morgan fingerprint density at radius 1 is 1.27 bits per heavy atom. The lowest BCUT2D eigenvalue weighted by Gasteiger charge is -2.26. The highest BCUT2D eigenvalue weighted by molar-refractivity contribution is 5.84. The quantitative estimate of drug-likeness (QED) is 0.378. The zero-order valence-electron chi connectivity index (χ0n) is 18.1. The minimum absolute atomic E-state index is 0.0258. The van der Waals surface area contributed by atoms with Crippen molar-refractivity contribution < 1.29 is 4.79 Å². The average Bonchev–Trinajstić information content (AvgIpc) is 3.22. The number of aliphatic imine (C=N–C) groups is 1. The van der Waals surface area contributed by atoms with Crippen LogP contribution in [-0.4, -0.2) is 78.4 Å². The van der Waals surface area contributed by atoms with Crippen LogP contribution in [-0.2, 0) is 17.8 Å². The number of aromatic nitrogens is 3. The molecule has 2 heterocycles. The number of fused-ring (bicyclic) bond motifs is 1. The van der Waals surface area contributed by atoms with E-state index in [9.17, 15) is 4.79 Å². The zero-order valence-corrected chi connectivity index (χ0v) is 18.1. The molecule has 0 spiro atoms. The molecule has 2 N–H and O–H groups in total. The van der Waals surface area contributed by atoms with E-state index >= 15 is 0 Å². The van der Waals surface area contributed by atoms with Crippen molar-refractivity contribution in [2.45, 2.75) is 31.8 Å². The van der Waals surface area contributed by atoms with Gasteiger partial charge in [-0.1, -0.05) is 18.2 Å². The number of benzene rings is 1. The number of amides is 1. The van der Waals surface area contributed by atoms with Crippen molar-refractivity contribution in [1.82, 2.24) is 30.3 Å². The summed E-state index contributed by atoms with van der Waals surface area (Å²) in [5, 5.41) is 11.1. The summed E-state index contributed by atoms with van der Waals surface area (Å²) in [6.45, 7) is 2.55. The van der Waals surface area contributed by atoms with Crippen molar-refractivity contribution in [2.75, 3.05) is 45.7 Å². The van der Waals surface area contributed by atoms with Crippen molar-refractivity contribution in [3.8, 4) is 0 Å². The number of hydrogen-bond donors (Lipinski definition) is 2. The molecule has 1 amide bonds. The van der Waals surface area contributed by atoms with E-state index in [0.29, 0.717) is 5.96 Å².